The van der Waals surface area contributed by atoms with Gasteiger partial charge in [0.05, 0.1) is 0 Å². The fraction of sp³-hybridized carbons (Fsp3) is 0.636. The van der Waals surface area contributed by atoms with Crippen LogP contribution < -0.4 is 0 Å². The standard InChI is InChI=1S/C11H18S/c1-3-10-7-5-4-6-8-11(10)9-12-2/h3-4,6,11H,5,7-9H2,1-2H3. The zero-order chi connectivity index (χ0) is 8.81. The van der Waals surface area contributed by atoms with Gasteiger partial charge in [0.15, 0.2) is 0 Å². The Morgan fingerprint density at radius 2 is 2.42 bits per heavy atom. The van der Waals surface area contributed by atoms with E-state index in [1.807, 2.05) is 11.8 Å². The molecule has 0 heterocycles. The lowest BCUT2D eigenvalue weighted by Gasteiger charge is -2.15. The molecule has 0 aromatic carbocycles. The molecule has 1 rings (SSSR count). The number of rotatable bonds is 2. The summed E-state index contributed by atoms with van der Waals surface area (Å²) in [6, 6.07) is 0. The summed E-state index contributed by atoms with van der Waals surface area (Å²) < 4.78 is 0. The molecule has 0 N–H and O–H groups in total. The molecule has 12 heavy (non-hydrogen) atoms. The second kappa shape index (κ2) is 5.47. The molecule has 68 valence electrons. The molecule has 1 aliphatic rings. The highest BCUT2D eigenvalue weighted by atomic mass is 32.2. The number of allylic oxidation sites excluding steroid dienone is 4. The first-order valence-corrected chi connectivity index (χ1v) is 6.07. The Bertz CT molecular complexity index is 179. The minimum absolute atomic E-state index is 0.809. The molecular weight excluding hydrogens is 164 g/mol. The molecule has 0 aromatic rings. The summed E-state index contributed by atoms with van der Waals surface area (Å²) in [4.78, 5) is 0. The van der Waals surface area contributed by atoms with Crippen LogP contribution in [0.25, 0.3) is 0 Å². The summed E-state index contributed by atoms with van der Waals surface area (Å²) in [6.45, 7) is 2.17. The number of hydrogen-bond donors (Lipinski definition) is 0. The Morgan fingerprint density at radius 1 is 1.58 bits per heavy atom. The Kier molecular flexibility index (Phi) is 4.52. The van der Waals surface area contributed by atoms with Gasteiger partial charge in [-0.2, -0.15) is 11.8 Å². The van der Waals surface area contributed by atoms with Crippen molar-refractivity contribution in [3.8, 4) is 0 Å². The van der Waals surface area contributed by atoms with E-state index in [9.17, 15) is 0 Å². The van der Waals surface area contributed by atoms with Gasteiger partial charge in [-0.25, -0.2) is 0 Å². The van der Waals surface area contributed by atoms with E-state index in [2.05, 4.69) is 31.4 Å². The van der Waals surface area contributed by atoms with Crippen molar-refractivity contribution in [3.63, 3.8) is 0 Å². The van der Waals surface area contributed by atoms with Gasteiger partial charge in [-0.15, -0.1) is 0 Å². The van der Waals surface area contributed by atoms with E-state index in [0.29, 0.717) is 0 Å². The summed E-state index contributed by atoms with van der Waals surface area (Å²) in [5.41, 5.74) is 1.66. The summed E-state index contributed by atoms with van der Waals surface area (Å²) >= 11 is 1.96. The molecule has 0 saturated carbocycles. The van der Waals surface area contributed by atoms with Crippen molar-refractivity contribution in [1.82, 2.24) is 0 Å². The molecule has 0 aromatic heterocycles. The van der Waals surface area contributed by atoms with E-state index >= 15 is 0 Å². The monoisotopic (exact) mass is 182 g/mol. The molecular formula is C11H18S. The molecule has 0 spiro atoms. The first-order chi connectivity index (χ1) is 5.88. The summed E-state index contributed by atoms with van der Waals surface area (Å²) in [7, 11) is 0. The van der Waals surface area contributed by atoms with Gasteiger partial charge in [0.25, 0.3) is 0 Å². The first-order valence-electron chi connectivity index (χ1n) is 4.67. The fourth-order valence-electron chi connectivity index (χ4n) is 1.74. The van der Waals surface area contributed by atoms with E-state index in [0.717, 1.165) is 5.92 Å². The van der Waals surface area contributed by atoms with Crippen LogP contribution in [0, 0.1) is 5.92 Å². The van der Waals surface area contributed by atoms with Crippen LogP contribution in [0.5, 0.6) is 0 Å². The maximum atomic E-state index is 2.34. The highest BCUT2D eigenvalue weighted by molar-refractivity contribution is 7.98. The van der Waals surface area contributed by atoms with Crippen molar-refractivity contribution < 1.29 is 0 Å². The van der Waals surface area contributed by atoms with Gasteiger partial charge in [0.2, 0.25) is 0 Å². The second-order valence-electron chi connectivity index (χ2n) is 3.26. The molecule has 1 unspecified atom stereocenters. The van der Waals surface area contributed by atoms with Gasteiger partial charge in [0, 0.05) is 0 Å². The largest absolute Gasteiger partial charge is 0.165 e. The predicted molar refractivity (Wildman–Crippen MR) is 58.6 cm³/mol. The summed E-state index contributed by atoms with van der Waals surface area (Å²) in [6.07, 6.45) is 12.9. The average Bonchev–Trinajstić information content (AvgIpc) is 2.30. The molecule has 0 amide bonds. The van der Waals surface area contributed by atoms with E-state index in [1.54, 1.807) is 5.57 Å². The summed E-state index contributed by atoms with van der Waals surface area (Å²) in [5, 5.41) is 0. The van der Waals surface area contributed by atoms with Crippen molar-refractivity contribution >= 4 is 11.8 Å². The van der Waals surface area contributed by atoms with Gasteiger partial charge >= 0.3 is 0 Å². The maximum absolute atomic E-state index is 2.34. The average molecular weight is 182 g/mol. The lowest BCUT2D eigenvalue weighted by molar-refractivity contribution is 0.682. The molecule has 1 atom stereocenters. The van der Waals surface area contributed by atoms with Gasteiger partial charge in [0.1, 0.15) is 0 Å². The fourth-order valence-corrected chi connectivity index (χ4v) is 2.49. The third kappa shape index (κ3) is 2.71. The Hall–Kier alpha value is -0.170. The number of thioether (sulfide) groups is 1. The van der Waals surface area contributed by atoms with Crippen LogP contribution in [-0.4, -0.2) is 12.0 Å². The highest BCUT2D eigenvalue weighted by Gasteiger charge is 2.12. The molecule has 0 saturated heterocycles. The molecule has 1 aliphatic carbocycles. The third-order valence-electron chi connectivity index (χ3n) is 2.45. The van der Waals surface area contributed by atoms with Crippen LogP contribution in [0.4, 0.5) is 0 Å². The highest BCUT2D eigenvalue weighted by Crippen LogP contribution is 2.26. The van der Waals surface area contributed by atoms with Crippen LogP contribution in [0.1, 0.15) is 26.2 Å². The molecule has 0 nitrogen and oxygen atoms in total. The lowest BCUT2D eigenvalue weighted by atomic mass is 9.96. The minimum atomic E-state index is 0.809. The smallest absolute Gasteiger partial charge is 0.000158 e. The molecule has 1 heteroatoms. The minimum Gasteiger partial charge on any atom is -0.165 e. The topological polar surface area (TPSA) is 0 Å². The van der Waals surface area contributed by atoms with Crippen molar-refractivity contribution in [2.24, 2.45) is 5.92 Å². The van der Waals surface area contributed by atoms with E-state index in [-0.39, 0.29) is 0 Å². The third-order valence-corrected chi connectivity index (χ3v) is 3.19. The van der Waals surface area contributed by atoms with Gasteiger partial charge in [-0.05, 0) is 44.1 Å². The Morgan fingerprint density at radius 3 is 3.08 bits per heavy atom. The Balaban J connectivity index is 2.58. The van der Waals surface area contributed by atoms with Crippen LogP contribution in [0.2, 0.25) is 0 Å². The van der Waals surface area contributed by atoms with E-state index < -0.39 is 0 Å². The van der Waals surface area contributed by atoms with Crippen molar-refractivity contribution in [2.75, 3.05) is 12.0 Å². The van der Waals surface area contributed by atoms with Gasteiger partial charge in [-0.3, -0.25) is 0 Å². The van der Waals surface area contributed by atoms with Crippen LogP contribution in [0.15, 0.2) is 23.8 Å². The van der Waals surface area contributed by atoms with E-state index in [1.165, 1.54) is 25.0 Å². The van der Waals surface area contributed by atoms with Crippen LogP contribution >= 0.6 is 11.8 Å². The second-order valence-corrected chi connectivity index (χ2v) is 4.17. The molecule has 0 fully saturated rings. The van der Waals surface area contributed by atoms with Crippen LogP contribution in [-0.2, 0) is 0 Å². The lowest BCUT2D eigenvalue weighted by Crippen LogP contribution is -2.05. The van der Waals surface area contributed by atoms with Gasteiger partial charge in [-0.1, -0.05) is 23.8 Å². The first kappa shape index (κ1) is 9.91. The normalized spacial score (nSPS) is 27.5. The maximum Gasteiger partial charge on any atom is -0.000158 e. The summed E-state index contributed by atoms with van der Waals surface area (Å²) in [5.74, 6) is 2.09. The molecule has 0 bridgehead atoms. The SMILES string of the molecule is CC=C1CCC=CCC1CSC. The van der Waals surface area contributed by atoms with Crippen molar-refractivity contribution in [1.29, 1.82) is 0 Å². The molecule has 0 radical (unpaired) electrons. The Labute approximate surface area is 80.1 Å². The van der Waals surface area contributed by atoms with Crippen molar-refractivity contribution in [3.05, 3.63) is 23.8 Å². The van der Waals surface area contributed by atoms with Crippen LogP contribution in [0.3, 0.4) is 0 Å². The predicted octanol–water partition coefficient (Wildman–Crippen LogP) is 3.65. The quantitative estimate of drug-likeness (QED) is 0.587. The van der Waals surface area contributed by atoms with Crippen molar-refractivity contribution in [2.45, 2.75) is 26.2 Å². The zero-order valence-corrected chi connectivity index (χ0v) is 8.86. The molecule has 0 aliphatic heterocycles. The van der Waals surface area contributed by atoms with Gasteiger partial charge < -0.3 is 0 Å². The zero-order valence-electron chi connectivity index (χ0n) is 8.05. The number of hydrogen-bond acceptors (Lipinski definition) is 1. The van der Waals surface area contributed by atoms with E-state index in [4.69, 9.17) is 0 Å².